The van der Waals surface area contributed by atoms with Crippen LogP contribution in [0.5, 0.6) is 0 Å². The Kier molecular flexibility index (Phi) is 3.81. The van der Waals surface area contributed by atoms with Crippen molar-refractivity contribution in [1.82, 2.24) is 15.0 Å². The van der Waals surface area contributed by atoms with Crippen LogP contribution in [0.25, 0.3) is 0 Å². The van der Waals surface area contributed by atoms with Crippen molar-refractivity contribution >= 4 is 23.2 Å². The van der Waals surface area contributed by atoms with E-state index in [0.717, 1.165) is 29.4 Å². The molecule has 0 saturated carbocycles. The first kappa shape index (κ1) is 13.9. The van der Waals surface area contributed by atoms with E-state index in [0.29, 0.717) is 5.02 Å². The van der Waals surface area contributed by atoms with E-state index in [1.54, 1.807) is 0 Å². The summed E-state index contributed by atoms with van der Waals surface area (Å²) < 4.78 is 1.86. The average Bonchev–Trinajstić information content (AvgIpc) is 2.84. The van der Waals surface area contributed by atoms with E-state index in [2.05, 4.69) is 26.0 Å². The van der Waals surface area contributed by atoms with Gasteiger partial charge < -0.3 is 10.6 Å². The smallest absolute Gasteiger partial charge is 0.225 e. The van der Waals surface area contributed by atoms with Crippen LogP contribution >= 0.6 is 11.6 Å². The molecule has 1 aliphatic heterocycles. The van der Waals surface area contributed by atoms with Crippen LogP contribution in [0.1, 0.15) is 5.69 Å². The number of hydrogen-bond acceptors (Lipinski definition) is 5. The third kappa shape index (κ3) is 3.01. The third-order valence-corrected chi connectivity index (χ3v) is 3.38. The van der Waals surface area contributed by atoms with Crippen LogP contribution in [-0.2, 0) is 0 Å². The first-order chi connectivity index (χ1) is 10.2. The fourth-order valence-electron chi connectivity index (χ4n) is 2.21. The third-order valence-electron chi connectivity index (χ3n) is 3.13. The molecule has 3 N–H and O–H groups in total. The summed E-state index contributed by atoms with van der Waals surface area (Å²) in [5, 5.41) is 7.13. The predicted octanol–water partition coefficient (Wildman–Crippen LogP) is 1.59. The lowest BCUT2D eigenvalue weighted by Gasteiger charge is -2.10. The van der Waals surface area contributed by atoms with Crippen molar-refractivity contribution in [3.63, 3.8) is 0 Å². The first-order valence-electron chi connectivity index (χ1n) is 6.74. The lowest BCUT2D eigenvalue weighted by molar-refractivity contribution is 0.682. The lowest BCUT2D eigenvalue weighted by Crippen LogP contribution is -2.37. The molecule has 1 atom stereocenters. The monoisotopic (exact) mass is 304 g/mol. The number of aromatic nitrogens is 2. The number of rotatable bonds is 3. The van der Waals surface area contributed by atoms with Gasteiger partial charge in [0.1, 0.15) is 6.17 Å². The van der Waals surface area contributed by atoms with Crippen molar-refractivity contribution in [2.24, 2.45) is 4.99 Å². The maximum absolute atomic E-state index is 5.90. The molecule has 0 spiro atoms. The van der Waals surface area contributed by atoms with E-state index < -0.39 is 0 Å². The van der Waals surface area contributed by atoms with E-state index in [4.69, 9.17) is 11.6 Å². The normalized spacial score (nSPS) is 17.3. The van der Waals surface area contributed by atoms with E-state index in [1.807, 2.05) is 49.0 Å². The summed E-state index contributed by atoms with van der Waals surface area (Å²) in [6, 6.07) is 9.37. The molecular weight excluding hydrogens is 288 g/mol. The molecule has 0 saturated heterocycles. The minimum absolute atomic E-state index is 0.0865. The largest absolute Gasteiger partial charge is 0.332 e. The van der Waals surface area contributed by atoms with Gasteiger partial charge in [-0.1, -0.05) is 11.6 Å². The molecular formula is C14H17ClN6. The molecule has 3 rings (SSSR count). The quantitative estimate of drug-likeness (QED) is 0.806. The number of nitrogens with zero attached hydrogens (tertiary/aromatic N) is 3. The SMILES string of the molecule is CNCC1Nc2nc(C)cc(=Nc3ccc(Cl)cc3)n2N1. The highest BCUT2D eigenvalue weighted by atomic mass is 35.5. The summed E-state index contributed by atoms with van der Waals surface area (Å²) in [6.07, 6.45) is 0.0865. The predicted molar refractivity (Wildman–Crippen MR) is 84.3 cm³/mol. The molecule has 1 aromatic carbocycles. The summed E-state index contributed by atoms with van der Waals surface area (Å²) in [6.45, 7) is 2.73. The fourth-order valence-corrected chi connectivity index (χ4v) is 2.33. The fraction of sp³-hybridized carbons (Fsp3) is 0.286. The molecule has 2 aromatic rings. The number of fused-ring (bicyclic) bond motifs is 1. The Bertz CT molecular complexity index is 706. The molecule has 110 valence electrons. The highest BCUT2D eigenvalue weighted by Crippen LogP contribution is 2.16. The average molecular weight is 305 g/mol. The Morgan fingerprint density at radius 1 is 1.38 bits per heavy atom. The van der Waals surface area contributed by atoms with Gasteiger partial charge in [0.25, 0.3) is 0 Å². The van der Waals surface area contributed by atoms with E-state index >= 15 is 0 Å². The van der Waals surface area contributed by atoms with Crippen molar-refractivity contribution in [1.29, 1.82) is 0 Å². The zero-order valence-corrected chi connectivity index (χ0v) is 12.6. The summed E-state index contributed by atoms with van der Waals surface area (Å²) in [5.74, 6) is 0.767. The van der Waals surface area contributed by atoms with Gasteiger partial charge in [-0.15, -0.1) is 0 Å². The van der Waals surface area contributed by atoms with Gasteiger partial charge in [-0.2, -0.15) is 0 Å². The van der Waals surface area contributed by atoms with Gasteiger partial charge in [0.2, 0.25) is 5.95 Å². The number of anilines is 1. The van der Waals surface area contributed by atoms with E-state index in [1.165, 1.54) is 0 Å². The van der Waals surface area contributed by atoms with Gasteiger partial charge in [-0.3, -0.25) is 5.43 Å². The van der Waals surface area contributed by atoms with Crippen molar-refractivity contribution < 1.29 is 0 Å². The number of nitrogens with one attached hydrogen (secondary N) is 3. The summed E-state index contributed by atoms with van der Waals surface area (Å²) in [7, 11) is 1.91. The Morgan fingerprint density at radius 2 is 2.14 bits per heavy atom. The van der Waals surface area contributed by atoms with Crippen molar-refractivity contribution in [2.75, 3.05) is 24.3 Å². The molecule has 0 bridgehead atoms. The Morgan fingerprint density at radius 3 is 2.86 bits per heavy atom. The lowest BCUT2D eigenvalue weighted by atomic mass is 10.3. The Balaban J connectivity index is 2.02. The van der Waals surface area contributed by atoms with Crippen molar-refractivity contribution in [2.45, 2.75) is 13.1 Å². The number of benzene rings is 1. The Labute approximate surface area is 127 Å². The molecule has 1 aromatic heterocycles. The highest BCUT2D eigenvalue weighted by Gasteiger charge is 2.20. The minimum Gasteiger partial charge on any atom is -0.332 e. The van der Waals surface area contributed by atoms with Crippen LogP contribution in [0, 0.1) is 6.92 Å². The zero-order valence-electron chi connectivity index (χ0n) is 11.9. The van der Waals surface area contributed by atoms with Gasteiger partial charge in [0.15, 0.2) is 5.49 Å². The van der Waals surface area contributed by atoms with Crippen LogP contribution in [0.3, 0.4) is 0 Å². The standard InChI is InChI=1S/C14H17ClN6/c1-9-7-13(18-11-5-3-10(15)4-6-11)21-14(17-9)19-12(20-21)8-16-2/h3-7,12,16,20H,8H2,1-2H3,(H,17,19). The molecule has 0 amide bonds. The maximum Gasteiger partial charge on any atom is 0.225 e. The number of likely N-dealkylation sites (N-methyl/N-ethyl adjacent to an activating group) is 1. The molecule has 0 fully saturated rings. The van der Waals surface area contributed by atoms with E-state index in [9.17, 15) is 0 Å². The molecule has 1 aliphatic rings. The van der Waals surface area contributed by atoms with Crippen LogP contribution in [0.4, 0.5) is 11.6 Å². The maximum atomic E-state index is 5.90. The molecule has 0 aliphatic carbocycles. The molecule has 1 unspecified atom stereocenters. The van der Waals surface area contributed by atoms with Gasteiger partial charge in [0.05, 0.1) is 5.69 Å². The van der Waals surface area contributed by atoms with Crippen molar-refractivity contribution in [3.05, 3.63) is 46.5 Å². The van der Waals surface area contributed by atoms with Gasteiger partial charge >= 0.3 is 0 Å². The second-order valence-electron chi connectivity index (χ2n) is 4.89. The summed E-state index contributed by atoms with van der Waals surface area (Å²) >= 11 is 5.90. The number of halogens is 1. The second-order valence-corrected chi connectivity index (χ2v) is 5.32. The van der Waals surface area contributed by atoms with Crippen LogP contribution < -0.4 is 21.5 Å². The van der Waals surface area contributed by atoms with Crippen LogP contribution in [0.2, 0.25) is 5.02 Å². The van der Waals surface area contributed by atoms with E-state index in [-0.39, 0.29) is 6.17 Å². The zero-order chi connectivity index (χ0) is 14.8. The molecule has 7 heteroatoms. The second kappa shape index (κ2) is 5.75. The van der Waals surface area contributed by atoms with Crippen LogP contribution in [0.15, 0.2) is 35.3 Å². The van der Waals surface area contributed by atoms with Gasteiger partial charge in [-0.05, 0) is 38.2 Å². The molecule has 21 heavy (non-hydrogen) atoms. The minimum atomic E-state index is 0.0865. The van der Waals surface area contributed by atoms with Crippen LogP contribution in [-0.4, -0.2) is 29.4 Å². The summed E-state index contributed by atoms with van der Waals surface area (Å²) in [4.78, 5) is 9.13. The topological polar surface area (TPSA) is 66.3 Å². The summed E-state index contributed by atoms with van der Waals surface area (Å²) in [5.41, 5.74) is 5.88. The van der Waals surface area contributed by atoms with Gasteiger partial charge in [0, 0.05) is 23.3 Å². The van der Waals surface area contributed by atoms with Crippen molar-refractivity contribution in [3.8, 4) is 0 Å². The number of hydrogen-bond donors (Lipinski definition) is 3. The molecule has 6 nitrogen and oxygen atoms in total. The highest BCUT2D eigenvalue weighted by molar-refractivity contribution is 6.30. The van der Waals surface area contributed by atoms with Gasteiger partial charge in [-0.25, -0.2) is 14.7 Å². The first-order valence-corrected chi connectivity index (χ1v) is 7.12. The molecule has 2 heterocycles. The molecule has 0 radical (unpaired) electrons. The Hall–Kier alpha value is -2.05. The number of aryl methyl sites for hydroxylation is 1.